The maximum absolute atomic E-state index is 13.3. The molecular formula is C22H43NO6Si2. The van der Waals surface area contributed by atoms with Gasteiger partial charge in [-0.1, -0.05) is 41.5 Å². The van der Waals surface area contributed by atoms with Crippen LogP contribution in [-0.2, 0) is 18.4 Å². The lowest BCUT2D eigenvalue weighted by molar-refractivity contribution is -0.159. The quantitative estimate of drug-likeness (QED) is 0.608. The number of aliphatic hydroxyl groups excluding tert-OH is 2. The van der Waals surface area contributed by atoms with Gasteiger partial charge in [0.15, 0.2) is 16.6 Å². The van der Waals surface area contributed by atoms with E-state index in [1.165, 1.54) is 11.8 Å². The van der Waals surface area contributed by atoms with E-state index in [0.29, 0.717) is 6.42 Å². The Kier molecular flexibility index (Phi) is 7.16. The molecule has 31 heavy (non-hydrogen) atoms. The number of carbonyl (C=O) groups excluding carboxylic acids is 2. The molecule has 2 amide bonds. The molecule has 1 saturated carbocycles. The zero-order chi connectivity index (χ0) is 24.3. The van der Waals surface area contributed by atoms with E-state index in [1.807, 2.05) is 0 Å². The first-order valence-electron chi connectivity index (χ1n) is 11.3. The van der Waals surface area contributed by atoms with Crippen LogP contribution in [-0.4, -0.2) is 74.0 Å². The Balaban J connectivity index is 2.52. The number of hydrogen-bond acceptors (Lipinski definition) is 6. The van der Waals surface area contributed by atoms with Gasteiger partial charge in [-0.05, 0) is 42.7 Å². The highest BCUT2D eigenvalue weighted by atomic mass is 28.4. The molecule has 7 nitrogen and oxygen atoms in total. The van der Waals surface area contributed by atoms with Crippen LogP contribution in [0.25, 0.3) is 0 Å². The predicted octanol–water partition coefficient (Wildman–Crippen LogP) is 3.27. The van der Waals surface area contributed by atoms with Gasteiger partial charge in [0.25, 0.3) is 0 Å². The number of rotatable bonds is 4. The van der Waals surface area contributed by atoms with Crippen LogP contribution in [0.2, 0.25) is 36.3 Å². The summed E-state index contributed by atoms with van der Waals surface area (Å²) in [5, 5.41) is 22.2. The van der Waals surface area contributed by atoms with Gasteiger partial charge >= 0.3 is 0 Å². The summed E-state index contributed by atoms with van der Waals surface area (Å²) in [5.74, 6) is -1.38. The molecule has 0 aromatic rings. The zero-order valence-electron chi connectivity index (χ0n) is 21.1. The molecule has 1 aliphatic carbocycles. The van der Waals surface area contributed by atoms with Crippen LogP contribution in [0.1, 0.15) is 54.9 Å². The van der Waals surface area contributed by atoms with E-state index >= 15 is 0 Å². The van der Waals surface area contributed by atoms with E-state index in [9.17, 15) is 19.8 Å². The molecule has 0 unspecified atom stereocenters. The Hall–Kier alpha value is -0.586. The molecule has 0 radical (unpaired) electrons. The summed E-state index contributed by atoms with van der Waals surface area (Å²) < 4.78 is 13.1. The lowest BCUT2D eigenvalue weighted by Crippen LogP contribution is -2.61. The number of carbonyl (C=O) groups is 2. The number of aliphatic hydroxyl groups is 2. The van der Waals surface area contributed by atoms with E-state index < -0.39 is 53.0 Å². The average molecular weight is 474 g/mol. The SMILES string of the molecule is CC(=O)N1C(=O)[C@@H]2C[C@H]1[C@@H](O[Si](C)(C)C(C)(C)C)[C@@H](O)[C@H](O)[C@H]2O[Si](C)(C)C(C)(C)C. The Morgan fingerprint density at radius 1 is 0.903 bits per heavy atom. The van der Waals surface area contributed by atoms with Crippen molar-refractivity contribution in [1.29, 1.82) is 0 Å². The monoisotopic (exact) mass is 473 g/mol. The van der Waals surface area contributed by atoms with E-state index in [-0.39, 0.29) is 21.9 Å². The molecule has 180 valence electrons. The first-order valence-corrected chi connectivity index (χ1v) is 17.1. The zero-order valence-corrected chi connectivity index (χ0v) is 23.1. The van der Waals surface area contributed by atoms with Crippen LogP contribution >= 0.6 is 0 Å². The van der Waals surface area contributed by atoms with Gasteiger partial charge in [-0.2, -0.15) is 0 Å². The number of likely N-dealkylation sites (tertiary alicyclic amines) is 1. The minimum Gasteiger partial charge on any atom is -0.410 e. The second-order valence-corrected chi connectivity index (χ2v) is 21.8. The summed E-state index contributed by atoms with van der Waals surface area (Å²) in [6.45, 7) is 22.1. The number of imide groups is 1. The molecule has 1 heterocycles. The van der Waals surface area contributed by atoms with Crippen molar-refractivity contribution in [3.8, 4) is 0 Å². The van der Waals surface area contributed by atoms with E-state index in [0.717, 1.165) is 0 Å². The fourth-order valence-corrected chi connectivity index (χ4v) is 6.61. The third-order valence-electron chi connectivity index (χ3n) is 7.99. The molecule has 6 atom stereocenters. The van der Waals surface area contributed by atoms with Crippen molar-refractivity contribution in [3.63, 3.8) is 0 Å². The van der Waals surface area contributed by atoms with Crippen LogP contribution in [0, 0.1) is 5.92 Å². The van der Waals surface area contributed by atoms with E-state index in [4.69, 9.17) is 8.85 Å². The summed E-state index contributed by atoms with van der Waals surface area (Å²) in [6, 6.07) is -0.609. The summed E-state index contributed by atoms with van der Waals surface area (Å²) in [4.78, 5) is 27.0. The lowest BCUT2D eigenvalue weighted by Gasteiger charge is -2.46. The lowest BCUT2D eigenvalue weighted by atomic mass is 9.95. The van der Waals surface area contributed by atoms with Crippen LogP contribution in [0.5, 0.6) is 0 Å². The third kappa shape index (κ3) is 4.86. The summed E-state index contributed by atoms with van der Waals surface area (Å²) in [7, 11) is -4.73. The maximum Gasteiger partial charge on any atom is 0.235 e. The van der Waals surface area contributed by atoms with Gasteiger partial charge in [-0.25, -0.2) is 0 Å². The molecule has 9 heteroatoms. The van der Waals surface area contributed by atoms with Gasteiger partial charge in [0.05, 0.1) is 24.2 Å². The predicted molar refractivity (Wildman–Crippen MR) is 126 cm³/mol. The highest BCUT2D eigenvalue weighted by Crippen LogP contribution is 2.46. The van der Waals surface area contributed by atoms with Gasteiger partial charge in [-0.15, -0.1) is 0 Å². The molecule has 1 saturated heterocycles. The molecular weight excluding hydrogens is 430 g/mol. The largest absolute Gasteiger partial charge is 0.410 e. The van der Waals surface area contributed by atoms with Crippen molar-refractivity contribution in [2.24, 2.45) is 5.92 Å². The van der Waals surface area contributed by atoms with Gasteiger partial charge in [-0.3, -0.25) is 14.5 Å². The van der Waals surface area contributed by atoms with Crippen LogP contribution < -0.4 is 0 Å². The minimum atomic E-state index is -2.36. The van der Waals surface area contributed by atoms with E-state index in [1.54, 1.807) is 0 Å². The Labute approximate surface area is 189 Å². The Morgan fingerprint density at radius 2 is 1.29 bits per heavy atom. The Bertz CT molecular complexity index is 712. The Morgan fingerprint density at radius 3 is 1.68 bits per heavy atom. The van der Waals surface area contributed by atoms with Crippen molar-refractivity contribution in [2.75, 3.05) is 0 Å². The van der Waals surface area contributed by atoms with E-state index in [2.05, 4.69) is 67.7 Å². The fourth-order valence-electron chi connectivity index (χ4n) is 3.94. The van der Waals surface area contributed by atoms with Crippen molar-refractivity contribution >= 4 is 28.4 Å². The molecule has 2 bridgehead atoms. The minimum absolute atomic E-state index is 0.135. The average Bonchev–Trinajstić information content (AvgIpc) is 2.87. The number of amides is 2. The molecule has 0 aromatic heterocycles. The number of nitrogens with zero attached hydrogens (tertiary/aromatic N) is 1. The van der Waals surface area contributed by atoms with Crippen molar-refractivity contribution < 1.29 is 28.7 Å². The topological polar surface area (TPSA) is 96.3 Å². The van der Waals surface area contributed by atoms with Crippen LogP contribution in [0.15, 0.2) is 0 Å². The highest BCUT2D eigenvalue weighted by Gasteiger charge is 2.59. The summed E-state index contributed by atoms with van der Waals surface area (Å²) in [5.41, 5.74) is 0. The standard InChI is InChI=1S/C22H43NO6Si2/c1-13(24)23-15-12-14(20(23)27)18(28-30(8,9)21(2,3)4)16(25)17(26)19(15)29-31(10,11)22(5,6)7/h14-19,25-26H,12H2,1-11H3/t14-,15+,16+,17+,18+,19-/m1/s1. The maximum atomic E-state index is 13.3. The fraction of sp³-hybridized carbons (Fsp3) is 0.909. The van der Waals surface area contributed by atoms with Crippen molar-refractivity contribution in [1.82, 2.24) is 4.90 Å². The molecule has 0 aromatic carbocycles. The molecule has 1 aliphatic heterocycles. The normalized spacial score (nSPS) is 32.9. The second-order valence-electron chi connectivity index (χ2n) is 12.3. The second kappa shape index (κ2) is 8.32. The number of fused-ring (bicyclic) bond motifs is 2. The first-order chi connectivity index (χ1) is 13.7. The highest BCUT2D eigenvalue weighted by molar-refractivity contribution is 6.74. The van der Waals surface area contributed by atoms with Crippen molar-refractivity contribution in [2.45, 2.75) is 122 Å². The molecule has 2 aliphatic rings. The molecule has 2 N–H and O–H groups in total. The van der Waals surface area contributed by atoms with Gasteiger partial charge < -0.3 is 19.1 Å². The third-order valence-corrected chi connectivity index (χ3v) is 16.9. The molecule has 2 fully saturated rings. The smallest absolute Gasteiger partial charge is 0.235 e. The van der Waals surface area contributed by atoms with Gasteiger partial charge in [0, 0.05) is 6.92 Å². The van der Waals surface area contributed by atoms with Crippen LogP contribution in [0.3, 0.4) is 0 Å². The first kappa shape index (κ1) is 26.7. The van der Waals surface area contributed by atoms with Crippen LogP contribution in [0.4, 0.5) is 0 Å². The summed E-state index contributed by atoms with van der Waals surface area (Å²) in [6.07, 6.45) is -3.92. The van der Waals surface area contributed by atoms with Gasteiger partial charge in [0.2, 0.25) is 11.8 Å². The van der Waals surface area contributed by atoms with Crippen molar-refractivity contribution in [3.05, 3.63) is 0 Å². The molecule has 2 rings (SSSR count). The summed E-state index contributed by atoms with van der Waals surface area (Å²) >= 11 is 0. The molecule has 0 spiro atoms. The van der Waals surface area contributed by atoms with Gasteiger partial charge in [0.1, 0.15) is 12.2 Å². The number of hydrogen-bond donors (Lipinski definition) is 2.